The molecule has 10 aliphatic rings. The van der Waals surface area contributed by atoms with E-state index in [9.17, 15) is 114 Å². The highest BCUT2D eigenvalue weighted by Gasteiger charge is 2.68. The summed E-state index contributed by atoms with van der Waals surface area (Å²) < 4.78 is 10.4. The average molecular weight is 1870 g/mol. The number of aliphatic hydroxyl groups is 9. The fraction of sp³-hybridized carbons (Fsp3) is 0.505. The number of benzene rings is 4. The number of amides is 4. The second-order valence-electron chi connectivity index (χ2n) is 39.8. The first-order valence-corrected chi connectivity index (χ1v) is 44.1. The van der Waals surface area contributed by atoms with Gasteiger partial charge in [-0.25, -0.2) is 4.79 Å². The van der Waals surface area contributed by atoms with Crippen LogP contribution in [0.3, 0.4) is 0 Å². The third-order valence-electron chi connectivity index (χ3n) is 27.0. The molecule has 0 saturated heterocycles. The SMILES string of the molecule is CN(C)c1cc(CN(CC(C)(C)C)C(=O)OCOC(=O)C(C)(C)C)c(O)c2c1C[C@H]1C[C@H]3[C@H](N(C)C)C(=O)C(C(N)=O)=C(O)[C@@]3(O)C(=O)C1=C2O.CN(C)c1cc(CNCC2CC2)c(O)c2c1C[C@H]1C[C@H]3[C@H](N(C)C)C(=O)C(C(N)=O)=C(O)[C@@]3(O)C(=O)C1=C2O.CN(C)c1cc(CNCc2ccc(Cl)cc2)c(O)c2c1C[C@H]1C[C@H]3[C@H](N(C)C)C(=O)C(C(N)=O)=C(O)[C@@]3(O)C(=O)C1=C2O. The van der Waals surface area contributed by atoms with Crippen LogP contribution >= 0.6 is 11.6 Å². The second-order valence-corrected chi connectivity index (χ2v) is 40.2. The average Bonchev–Trinajstić information content (AvgIpc) is 1.15. The van der Waals surface area contributed by atoms with E-state index in [1.54, 1.807) is 86.2 Å². The van der Waals surface area contributed by atoms with Crippen LogP contribution in [-0.2, 0) is 103 Å². The highest BCUT2D eigenvalue weighted by molar-refractivity contribution is 6.30. The first kappa shape index (κ1) is 100. The van der Waals surface area contributed by atoms with E-state index in [4.69, 9.17) is 38.3 Å². The summed E-state index contributed by atoms with van der Waals surface area (Å²) in [6.07, 6.45) is 2.13. The van der Waals surface area contributed by atoms with Crippen LogP contribution in [-0.4, -0.2) is 285 Å². The molecule has 0 aliphatic heterocycles. The number of ether oxygens (including phenoxy) is 2. The molecule has 4 saturated carbocycles. The van der Waals surface area contributed by atoms with Crippen LogP contribution in [0, 0.1) is 52.3 Å². The Labute approximate surface area is 774 Å². The number of anilines is 3. The van der Waals surface area contributed by atoms with Gasteiger partial charge in [0, 0.05) is 142 Å². The molecule has 20 N–H and O–H groups in total. The molecule has 0 spiro atoms. The number of primary amides is 3. The maximum absolute atomic E-state index is 14.3. The Morgan fingerprint density at radius 2 is 0.789 bits per heavy atom. The number of esters is 1. The molecule has 10 aliphatic carbocycles. The smallest absolute Gasteiger partial charge is 0.412 e. The fourth-order valence-electron chi connectivity index (χ4n) is 20.7. The first-order valence-electron chi connectivity index (χ1n) is 43.7. The predicted molar refractivity (Wildman–Crippen MR) is 489 cm³/mol. The molecule has 133 heavy (non-hydrogen) atoms. The molecule has 4 aromatic carbocycles. The van der Waals surface area contributed by atoms with E-state index >= 15 is 0 Å². The molecule has 4 aromatic rings. The lowest BCUT2D eigenvalue weighted by Crippen LogP contribution is -2.65. The molecule has 718 valence electrons. The number of phenols is 3. The lowest BCUT2D eigenvalue weighted by Gasteiger charge is -2.50. The summed E-state index contributed by atoms with van der Waals surface area (Å²) in [7, 11) is 20.2. The van der Waals surface area contributed by atoms with Gasteiger partial charge in [0.1, 0.15) is 68.5 Å². The Morgan fingerprint density at radius 1 is 0.466 bits per heavy atom. The van der Waals surface area contributed by atoms with E-state index in [2.05, 4.69) is 10.6 Å². The monoisotopic (exact) mass is 1860 g/mol. The third kappa shape index (κ3) is 17.6. The summed E-state index contributed by atoms with van der Waals surface area (Å²) in [5.41, 5.74) is 9.70. The number of Topliss-reactive ketones (excluding diaryl/α,β-unsaturated/α-hetero) is 6. The van der Waals surface area contributed by atoms with Gasteiger partial charge in [0.05, 0.1) is 46.8 Å². The number of aliphatic hydroxyl groups excluding tert-OH is 6. The number of halogens is 1. The van der Waals surface area contributed by atoms with Crippen LogP contribution in [0.2, 0.25) is 5.02 Å². The number of carbonyl (C=O) groups excluding carboxylic acids is 11. The topological polar surface area (TPSA) is 574 Å². The van der Waals surface area contributed by atoms with E-state index in [0.717, 1.165) is 23.5 Å². The van der Waals surface area contributed by atoms with Gasteiger partial charge in [-0.3, -0.25) is 62.6 Å². The van der Waals surface area contributed by atoms with E-state index < -0.39 is 210 Å². The molecule has 0 bridgehead atoms. The van der Waals surface area contributed by atoms with E-state index in [0.29, 0.717) is 57.5 Å². The van der Waals surface area contributed by atoms with Crippen LogP contribution in [0.4, 0.5) is 21.9 Å². The normalized spacial score (nSPS) is 25.4. The van der Waals surface area contributed by atoms with Crippen molar-refractivity contribution in [2.24, 2.45) is 69.5 Å². The summed E-state index contributed by atoms with van der Waals surface area (Å²) in [5.74, 6) is -20.6. The number of likely N-dealkylation sites (N-methyl/N-ethyl adjacent to an activating group) is 3. The van der Waals surface area contributed by atoms with Crippen molar-refractivity contribution in [2.45, 2.75) is 154 Å². The Bertz CT molecular complexity index is 5770. The number of nitrogens with one attached hydrogen (secondary N) is 2. The highest BCUT2D eigenvalue weighted by atomic mass is 35.5. The van der Waals surface area contributed by atoms with Gasteiger partial charge in [-0.1, -0.05) is 44.5 Å². The van der Waals surface area contributed by atoms with Crippen molar-refractivity contribution >= 4 is 110 Å². The maximum atomic E-state index is 14.3. The van der Waals surface area contributed by atoms with Crippen molar-refractivity contribution < 1.29 is 123 Å². The summed E-state index contributed by atoms with van der Waals surface area (Å²) in [5, 5.41) is 145. The van der Waals surface area contributed by atoms with Gasteiger partial charge < -0.3 is 118 Å². The van der Waals surface area contributed by atoms with Gasteiger partial charge in [-0.2, -0.15) is 0 Å². The molecular weight excluding hydrogens is 1740 g/mol. The number of hydrogen-bond acceptors (Lipinski definition) is 33. The van der Waals surface area contributed by atoms with Gasteiger partial charge in [-0.15, -0.1) is 0 Å². The van der Waals surface area contributed by atoms with Crippen molar-refractivity contribution in [1.29, 1.82) is 0 Å². The maximum Gasteiger partial charge on any atom is 0.412 e. The molecule has 0 aromatic heterocycles. The molecular formula is C95H121ClN12O25. The molecule has 0 radical (unpaired) electrons. The Morgan fingerprint density at radius 3 is 1.09 bits per heavy atom. The minimum absolute atomic E-state index is 0.0315. The zero-order chi connectivity index (χ0) is 98.8. The third-order valence-corrected chi connectivity index (χ3v) is 27.3. The van der Waals surface area contributed by atoms with E-state index in [1.807, 2.05) is 83.0 Å². The number of rotatable bonds is 22. The lowest BCUT2D eigenvalue weighted by atomic mass is 9.57. The molecule has 0 heterocycles. The second kappa shape index (κ2) is 36.8. The first-order chi connectivity index (χ1) is 61.8. The van der Waals surface area contributed by atoms with Crippen molar-refractivity contribution in [3.63, 3.8) is 0 Å². The summed E-state index contributed by atoms with van der Waals surface area (Å²) in [4.78, 5) is 156. The van der Waals surface area contributed by atoms with Gasteiger partial charge in [0.15, 0.2) is 34.2 Å². The zero-order valence-electron chi connectivity index (χ0n) is 77.8. The van der Waals surface area contributed by atoms with Crippen LogP contribution in [0.25, 0.3) is 17.3 Å². The predicted octanol–water partition coefficient (Wildman–Crippen LogP) is 5.06. The van der Waals surface area contributed by atoms with Crippen molar-refractivity contribution in [2.75, 3.05) is 119 Å². The van der Waals surface area contributed by atoms with Crippen molar-refractivity contribution in [3.8, 4) is 17.2 Å². The standard InChI is InChI=1S/C36H50N4O11.C31H35ClN4O7.C28H36N4O7/c1-34(2,3)15-40(33(48)51-16-50-32(47)35(4,5)6)14-18-13-21(38(7)8)19-11-17-12-20-25(39(9)10)28(43)24(31(37)46)30(45)36(20,49)29(44)22(17)27(42)23(19)26(18)41;1-35(2)20-11-16(13-34-12-14-5-7-17(32)8-6-14)25(37)22-18(20)9-15-10-19-24(36(3)4)27(39)23(30(33)42)29(41)31(19,43)28(40)21(15)26(22)38;1-31(2)17-9-14(11-30-10-12-5-6-12)22(33)19-15(17)7-13-8-16-21(32(3)4)24(35)20(27(29)38)26(37)28(16,39)25(36)18(13)23(19)34/h13,17,20,25,41-42,45,49H,11-12,14-16H2,1-10H3,(H2,37,46);5-8,11,15,19,24,34,37-38,41,43H,9-10,12-13H2,1-4H3,(H2,33,42);9,12-13,16,21,30,33-34,37,39H,5-8,10-11H2,1-4H3,(H2,29,38)/t17-,20-,25-,36-;15-,19-,24-,31-;13-,16-,21-,28-/m000/s1. The van der Waals surface area contributed by atoms with Gasteiger partial charge in [0.25, 0.3) is 17.7 Å². The number of nitrogens with zero attached hydrogens (tertiary/aromatic N) is 7. The molecule has 38 heteroatoms. The minimum atomic E-state index is -2.77. The number of hydrogen-bond donors (Lipinski definition) is 17. The van der Waals surface area contributed by atoms with Gasteiger partial charge in [-0.05, 0) is 203 Å². The summed E-state index contributed by atoms with van der Waals surface area (Å²) >= 11 is 5.97. The quantitative estimate of drug-likeness (QED) is 0.0277. The number of aromatic hydroxyl groups is 3. The zero-order valence-corrected chi connectivity index (χ0v) is 78.6. The van der Waals surface area contributed by atoms with Crippen molar-refractivity contribution in [3.05, 3.63) is 154 Å². The highest BCUT2D eigenvalue weighted by Crippen LogP contribution is 2.59. The molecule has 12 atom stereocenters. The number of carbonyl (C=O) groups is 11. The van der Waals surface area contributed by atoms with Crippen LogP contribution in [0.15, 0.2) is 93.2 Å². The summed E-state index contributed by atoms with van der Waals surface area (Å²) in [6.45, 7) is 11.8. The van der Waals surface area contributed by atoms with Crippen LogP contribution in [0.1, 0.15) is 129 Å². The summed E-state index contributed by atoms with van der Waals surface area (Å²) in [6, 6.07) is 9.23. The van der Waals surface area contributed by atoms with Gasteiger partial charge in [0.2, 0.25) is 24.1 Å². The molecule has 37 nitrogen and oxygen atoms in total. The van der Waals surface area contributed by atoms with Crippen LogP contribution in [0.5, 0.6) is 17.2 Å². The van der Waals surface area contributed by atoms with E-state index in [-0.39, 0.29) is 109 Å². The fourth-order valence-corrected chi connectivity index (χ4v) is 20.8. The number of fused-ring (bicyclic) bond motifs is 9. The number of ketones is 6. The van der Waals surface area contributed by atoms with Crippen molar-refractivity contribution in [1.82, 2.24) is 30.2 Å². The van der Waals surface area contributed by atoms with Gasteiger partial charge >= 0.3 is 12.1 Å². The molecule has 0 unspecified atom stereocenters. The largest absolute Gasteiger partial charge is 0.508 e. The van der Waals surface area contributed by atoms with E-state index in [1.165, 1.54) is 46.5 Å². The Kier molecular flexibility index (Phi) is 27.7. The number of phenolic OH excluding ortho intramolecular Hbond substituents is 3. The molecule has 4 amide bonds. The lowest BCUT2D eigenvalue weighted by molar-refractivity contribution is -0.162. The molecule has 4 fully saturated rings. The molecule has 14 rings (SSSR count). The Balaban J connectivity index is 0.000000181. The Hall–Kier alpha value is -11.9. The number of nitrogens with two attached hydrogens (primary N) is 3. The minimum Gasteiger partial charge on any atom is -0.508 e. The van der Waals surface area contributed by atoms with Crippen LogP contribution < -0.4 is 42.5 Å².